The van der Waals surface area contributed by atoms with Gasteiger partial charge in [-0.2, -0.15) is 4.98 Å². The Morgan fingerprint density at radius 2 is 2.13 bits per heavy atom. The molecule has 1 amide bonds. The van der Waals surface area contributed by atoms with E-state index in [1.54, 1.807) is 18.0 Å². The molecule has 1 saturated heterocycles. The van der Waals surface area contributed by atoms with Gasteiger partial charge in [-0.3, -0.25) is 9.36 Å². The van der Waals surface area contributed by atoms with Gasteiger partial charge in [-0.05, 0) is 50.5 Å². The van der Waals surface area contributed by atoms with Gasteiger partial charge in [0.2, 0.25) is 5.91 Å². The van der Waals surface area contributed by atoms with Gasteiger partial charge in [0, 0.05) is 35.9 Å². The van der Waals surface area contributed by atoms with E-state index in [0.29, 0.717) is 36.1 Å². The Labute approximate surface area is 185 Å². The van der Waals surface area contributed by atoms with E-state index >= 15 is 0 Å². The van der Waals surface area contributed by atoms with Gasteiger partial charge >= 0.3 is 5.69 Å². The number of likely N-dealkylation sites (tertiary alicyclic amines) is 1. The highest BCUT2D eigenvalue weighted by Crippen LogP contribution is 2.27. The molecule has 4 rings (SSSR count). The van der Waals surface area contributed by atoms with Gasteiger partial charge < -0.3 is 9.32 Å². The number of carbonyl (C=O) groups is 1. The Morgan fingerprint density at radius 1 is 1.29 bits per heavy atom. The molecule has 0 saturated carbocycles. The second-order valence-electron chi connectivity index (χ2n) is 8.06. The summed E-state index contributed by atoms with van der Waals surface area (Å²) >= 11 is 6.06. The van der Waals surface area contributed by atoms with Crippen LogP contribution in [0.3, 0.4) is 0 Å². The molecule has 1 atom stereocenters. The summed E-state index contributed by atoms with van der Waals surface area (Å²) in [5.41, 5.74) is 2.06. The van der Waals surface area contributed by atoms with E-state index < -0.39 is 5.69 Å². The normalized spacial score (nSPS) is 16.5. The third kappa shape index (κ3) is 5.05. The van der Waals surface area contributed by atoms with Crippen LogP contribution in [0.15, 0.2) is 45.7 Å². The number of benzene rings is 1. The molecule has 31 heavy (non-hydrogen) atoms. The molecule has 3 aromatic rings. The van der Waals surface area contributed by atoms with Gasteiger partial charge in [0.05, 0.1) is 12.1 Å². The van der Waals surface area contributed by atoms with Crippen molar-refractivity contribution in [3.05, 3.63) is 80.6 Å². The molecule has 0 bridgehead atoms. The Morgan fingerprint density at radius 3 is 2.90 bits per heavy atom. The first-order valence-electron chi connectivity index (χ1n) is 10.4. The lowest BCUT2D eigenvalue weighted by Gasteiger charge is -2.31. The first kappa shape index (κ1) is 21.3. The molecular weight excluding hydrogens is 416 g/mol. The summed E-state index contributed by atoms with van der Waals surface area (Å²) in [7, 11) is 0. The highest BCUT2D eigenvalue weighted by molar-refractivity contribution is 6.30. The van der Waals surface area contributed by atoms with Gasteiger partial charge in [-0.25, -0.2) is 9.78 Å². The van der Waals surface area contributed by atoms with Crippen LogP contribution in [-0.4, -0.2) is 38.4 Å². The third-order valence-electron chi connectivity index (χ3n) is 5.60. The summed E-state index contributed by atoms with van der Waals surface area (Å²) in [5.74, 6) is 1.37. The molecule has 0 spiro atoms. The summed E-state index contributed by atoms with van der Waals surface area (Å²) < 4.78 is 7.43. The van der Waals surface area contributed by atoms with Gasteiger partial charge in [-0.1, -0.05) is 23.7 Å². The zero-order valence-corrected chi connectivity index (χ0v) is 18.4. The molecule has 2 aromatic heterocycles. The highest BCUT2D eigenvalue weighted by Gasteiger charge is 2.28. The average Bonchev–Trinajstić information content (AvgIpc) is 3.19. The minimum Gasteiger partial charge on any atom is -0.445 e. The number of hydrogen-bond donors (Lipinski definition) is 0. The molecular formula is C23H25ClN4O3. The van der Waals surface area contributed by atoms with Crippen LogP contribution in [0, 0.1) is 13.8 Å². The molecule has 8 heteroatoms. The molecule has 7 nitrogen and oxygen atoms in total. The van der Waals surface area contributed by atoms with E-state index in [1.165, 1.54) is 4.57 Å². The number of carbonyl (C=O) groups excluding carboxylic acids is 1. The fourth-order valence-electron chi connectivity index (χ4n) is 4.05. The molecule has 0 unspecified atom stereocenters. The van der Waals surface area contributed by atoms with E-state index in [0.717, 1.165) is 29.9 Å². The van der Waals surface area contributed by atoms with Crippen molar-refractivity contribution in [2.45, 2.75) is 45.6 Å². The average molecular weight is 441 g/mol. The third-order valence-corrected chi connectivity index (χ3v) is 5.84. The van der Waals surface area contributed by atoms with Gasteiger partial charge in [-0.15, -0.1) is 0 Å². The van der Waals surface area contributed by atoms with Crippen molar-refractivity contribution in [2.75, 3.05) is 13.1 Å². The number of hydrogen-bond acceptors (Lipinski definition) is 5. The lowest BCUT2D eigenvalue weighted by atomic mass is 9.98. The standard InChI is InChI=1S/C23H25ClN4O3/c1-15-9-16(2)28(23(30)26-15)14-21(29)27-8-4-6-18(13-27)22-25-12-20(31-22)11-17-5-3-7-19(24)10-17/h3,5,7,9-10,12,18H,4,6,8,11,13-14H2,1-2H3/t18-/m1/s1. The van der Waals surface area contributed by atoms with Gasteiger partial charge in [0.15, 0.2) is 5.89 Å². The van der Waals surface area contributed by atoms with Crippen molar-refractivity contribution in [3.8, 4) is 0 Å². The summed E-state index contributed by atoms with van der Waals surface area (Å²) in [5, 5.41) is 0.691. The SMILES string of the molecule is Cc1cc(C)n(CC(=O)N2CCC[C@@H](c3ncc(Cc4cccc(Cl)c4)o3)C2)c(=O)n1. The zero-order chi connectivity index (χ0) is 22.0. The van der Waals surface area contributed by atoms with E-state index in [-0.39, 0.29) is 18.4 Å². The van der Waals surface area contributed by atoms with Crippen LogP contribution in [-0.2, 0) is 17.8 Å². The second-order valence-corrected chi connectivity index (χ2v) is 8.49. The molecule has 1 aliphatic rings. The topological polar surface area (TPSA) is 81.2 Å². The van der Waals surface area contributed by atoms with E-state index in [1.807, 2.05) is 37.3 Å². The minimum atomic E-state index is -0.391. The zero-order valence-electron chi connectivity index (χ0n) is 17.7. The first-order chi connectivity index (χ1) is 14.9. The Kier molecular flexibility index (Phi) is 6.23. The number of amides is 1. The summed E-state index contributed by atoms with van der Waals surface area (Å²) in [6.07, 6.45) is 4.14. The molecule has 1 fully saturated rings. The summed E-state index contributed by atoms with van der Waals surface area (Å²) in [6.45, 7) is 4.78. The monoisotopic (exact) mass is 440 g/mol. The fraction of sp³-hybridized carbons (Fsp3) is 0.391. The van der Waals surface area contributed by atoms with Crippen LogP contribution in [0.5, 0.6) is 0 Å². The van der Waals surface area contributed by atoms with Crippen LogP contribution >= 0.6 is 11.6 Å². The molecule has 3 heterocycles. The Bertz CT molecular complexity index is 1150. The predicted octanol–water partition coefficient (Wildman–Crippen LogP) is 3.50. The largest absolute Gasteiger partial charge is 0.445 e. The van der Waals surface area contributed by atoms with E-state index in [2.05, 4.69) is 9.97 Å². The van der Waals surface area contributed by atoms with Crippen molar-refractivity contribution >= 4 is 17.5 Å². The Balaban J connectivity index is 1.42. The van der Waals surface area contributed by atoms with Crippen molar-refractivity contribution in [1.82, 2.24) is 19.4 Å². The van der Waals surface area contributed by atoms with Crippen LogP contribution < -0.4 is 5.69 Å². The maximum atomic E-state index is 12.9. The second kappa shape index (κ2) is 9.06. The maximum absolute atomic E-state index is 12.9. The van der Waals surface area contributed by atoms with Crippen molar-refractivity contribution < 1.29 is 9.21 Å². The Hall–Kier alpha value is -2.93. The number of nitrogens with zero attached hydrogens (tertiary/aromatic N) is 4. The molecule has 0 N–H and O–H groups in total. The minimum absolute atomic E-state index is 0.00370. The molecule has 0 radical (unpaired) electrons. The van der Waals surface area contributed by atoms with Crippen LogP contribution in [0.2, 0.25) is 5.02 Å². The molecule has 0 aliphatic carbocycles. The molecule has 1 aliphatic heterocycles. The molecule has 1 aromatic carbocycles. The smallest absolute Gasteiger partial charge is 0.348 e. The first-order valence-corrected chi connectivity index (χ1v) is 10.8. The number of halogens is 1. The van der Waals surface area contributed by atoms with Crippen molar-refractivity contribution in [1.29, 1.82) is 0 Å². The lowest BCUT2D eigenvalue weighted by Crippen LogP contribution is -2.42. The fourth-order valence-corrected chi connectivity index (χ4v) is 4.26. The number of piperidine rings is 1. The van der Waals surface area contributed by atoms with Gasteiger partial charge in [0.25, 0.3) is 0 Å². The lowest BCUT2D eigenvalue weighted by molar-refractivity contribution is -0.133. The van der Waals surface area contributed by atoms with Crippen molar-refractivity contribution in [2.24, 2.45) is 0 Å². The predicted molar refractivity (Wildman–Crippen MR) is 117 cm³/mol. The number of aromatic nitrogens is 3. The summed E-state index contributed by atoms with van der Waals surface area (Å²) in [4.78, 5) is 35.3. The highest BCUT2D eigenvalue weighted by atomic mass is 35.5. The number of rotatable bonds is 5. The summed E-state index contributed by atoms with van der Waals surface area (Å²) in [6, 6.07) is 9.47. The maximum Gasteiger partial charge on any atom is 0.348 e. The van der Waals surface area contributed by atoms with Crippen LogP contribution in [0.25, 0.3) is 0 Å². The molecule has 162 valence electrons. The number of oxazole rings is 1. The van der Waals surface area contributed by atoms with E-state index in [4.69, 9.17) is 16.0 Å². The van der Waals surface area contributed by atoms with Crippen LogP contribution in [0.1, 0.15) is 47.4 Å². The van der Waals surface area contributed by atoms with Gasteiger partial charge in [0.1, 0.15) is 12.3 Å². The number of aryl methyl sites for hydroxylation is 2. The van der Waals surface area contributed by atoms with Crippen LogP contribution in [0.4, 0.5) is 0 Å². The quantitative estimate of drug-likeness (QED) is 0.606. The van der Waals surface area contributed by atoms with Crippen molar-refractivity contribution in [3.63, 3.8) is 0 Å². The van der Waals surface area contributed by atoms with E-state index in [9.17, 15) is 9.59 Å².